The van der Waals surface area contributed by atoms with Crippen LogP contribution in [0.2, 0.25) is 0 Å². The largest absolute Gasteiger partial charge is 0.341 e. The fraction of sp³-hybridized carbons (Fsp3) is 0.333. The molecule has 0 unspecified atom stereocenters. The standard InChI is InChI=1S/C33H36N2/c1-33(2,3)28-15-10-16-30-32(28)34(4)29-20-18-26(23-11-6-5-7-12-23)22-31(29)35(30)27-19-17-24-13-8-9-14-25(24)21-27/h8-10,13-23H,5-7,11-12H2,1-4H3. The maximum absolute atomic E-state index is 2.51. The van der Waals surface area contributed by atoms with Gasteiger partial charge in [-0.1, -0.05) is 88.6 Å². The molecule has 2 nitrogen and oxygen atoms in total. The normalized spacial score (nSPS) is 16.3. The van der Waals surface area contributed by atoms with E-state index in [1.165, 1.54) is 82.4 Å². The fourth-order valence-corrected chi connectivity index (χ4v) is 6.21. The number of hydrogen-bond donors (Lipinski definition) is 0. The molecule has 1 heterocycles. The molecule has 35 heavy (non-hydrogen) atoms. The number of nitrogens with zero attached hydrogens (tertiary/aromatic N) is 2. The van der Waals surface area contributed by atoms with Gasteiger partial charge in [-0.25, -0.2) is 0 Å². The van der Waals surface area contributed by atoms with Crippen molar-refractivity contribution in [1.82, 2.24) is 0 Å². The molecule has 178 valence electrons. The molecule has 0 amide bonds. The quantitative estimate of drug-likeness (QED) is 0.294. The number of fused-ring (bicyclic) bond motifs is 3. The lowest BCUT2D eigenvalue weighted by Crippen LogP contribution is -2.28. The van der Waals surface area contributed by atoms with E-state index < -0.39 is 0 Å². The average Bonchev–Trinajstić information content (AvgIpc) is 2.88. The van der Waals surface area contributed by atoms with Crippen molar-refractivity contribution in [3.05, 3.63) is 90.0 Å². The Morgan fingerprint density at radius 3 is 2.23 bits per heavy atom. The molecule has 0 radical (unpaired) electrons. The molecule has 1 aliphatic carbocycles. The van der Waals surface area contributed by atoms with Gasteiger partial charge in [0.15, 0.2) is 0 Å². The predicted molar refractivity (Wildman–Crippen MR) is 151 cm³/mol. The highest BCUT2D eigenvalue weighted by atomic mass is 15.3. The van der Waals surface area contributed by atoms with Crippen molar-refractivity contribution in [2.75, 3.05) is 16.8 Å². The first-order valence-corrected chi connectivity index (χ1v) is 13.2. The molecule has 0 N–H and O–H groups in total. The third-order valence-corrected chi connectivity index (χ3v) is 8.07. The lowest BCUT2D eigenvalue weighted by atomic mass is 9.82. The molecule has 0 spiro atoms. The second-order valence-electron chi connectivity index (χ2n) is 11.4. The monoisotopic (exact) mass is 460 g/mol. The third-order valence-electron chi connectivity index (χ3n) is 8.07. The minimum absolute atomic E-state index is 0.0498. The van der Waals surface area contributed by atoms with E-state index in [0.29, 0.717) is 5.92 Å². The van der Waals surface area contributed by atoms with Gasteiger partial charge in [0.1, 0.15) is 0 Å². The molecule has 2 heteroatoms. The summed E-state index contributed by atoms with van der Waals surface area (Å²) in [5.74, 6) is 0.681. The summed E-state index contributed by atoms with van der Waals surface area (Å²) in [6.07, 6.45) is 6.72. The van der Waals surface area contributed by atoms with Crippen LogP contribution in [-0.4, -0.2) is 7.05 Å². The van der Waals surface area contributed by atoms with Crippen molar-refractivity contribution in [3.63, 3.8) is 0 Å². The zero-order valence-electron chi connectivity index (χ0n) is 21.5. The van der Waals surface area contributed by atoms with E-state index >= 15 is 0 Å². The Kier molecular flexibility index (Phi) is 5.36. The number of anilines is 5. The molecule has 0 saturated heterocycles. The molecule has 1 aliphatic heterocycles. The van der Waals surface area contributed by atoms with E-state index in [1.54, 1.807) is 0 Å². The number of rotatable bonds is 2. The van der Waals surface area contributed by atoms with E-state index in [0.717, 1.165) is 0 Å². The number of benzene rings is 4. The van der Waals surface area contributed by atoms with E-state index in [9.17, 15) is 0 Å². The van der Waals surface area contributed by atoms with Gasteiger partial charge in [0.25, 0.3) is 0 Å². The zero-order valence-corrected chi connectivity index (χ0v) is 21.5. The Morgan fingerprint density at radius 1 is 0.686 bits per heavy atom. The topological polar surface area (TPSA) is 6.48 Å². The number of para-hydroxylation sites is 1. The first-order chi connectivity index (χ1) is 16.9. The summed E-state index contributed by atoms with van der Waals surface area (Å²) in [4.78, 5) is 4.94. The van der Waals surface area contributed by atoms with Crippen molar-refractivity contribution >= 4 is 39.2 Å². The summed E-state index contributed by atoms with van der Waals surface area (Å²) in [5, 5.41) is 2.56. The second-order valence-corrected chi connectivity index (χ2v) is 11.4. The molecule has 4 aromatic carbocycles. The van der Waals surface area contributed by atoms with Crippen LogP contribution in [0.15, 0.2) is 78.9 Å². The average molecular weight is 461 g/mol. The number of hydrogen-bond acceptors (Lipinski definition) is 2. The summed E-state index contributed by atoms with van der Waals surface area (Å²) in [5.41, 5.74) is 9.31. The van der Waals surface area contributed by atoms with Gasteiger partial charge in [-0.05, 0) is 76.4 Å². The van der Waals surface area contributed by atoms with Crippen LogP contribution >= 0.6 is 0 Å². The highest BCUT2D eigenvalue weighted by Crippen LogP contribution is 2.54. The Morgan fingerprint density at radius 2 is 1.46 bits per heavy atom. The molecule has 6 rings (SSSR count). The zero-order chi connectivity index (χ0) is 24.2. The van der Waals surface area contributed by atoms with Gasteiger partial charge in [0.05, 0.1) is 22.7 Å². The van der Waals surface area contributed by atoms with E-state index in [4.69, 9.17) is 0 Å². The first kappa shape index (κ1) is 22.2. The molecule has 2 aliphatic rings. The van der Waals surface area contributed by atoms with Crippen LogP contribution in [0.3, 0.4) is 0 Å². The van der Waals surface area contributed by atoms with E-state index in [-0.39, 0.29) is 5.41 Å². The highest BCUT2D eigenvalue weighted by molar-refractivity contribution is 6.00. The van der Waals surface area contributed by atoms with E-state index in [2.05, 4.69) is 116 Å². The van der Waals surface area contributed by atoms with Gasteiger partial charge in [0.2, 0.25) is 0 Å². The van der Waals surface area contributed by atoms with Gasteiger partial charge in [-0.2, -0.15) is 0 Å². The van der Waals surface area contributed by atoms with Crippen molar-refractivity contribution in [3.8, 4) is 0 Å². The SMILES string of the molecule is CN1c2ccc(C3CCCCC3)cc2N(c2ccc3ccccc3c2)c2cccc(C(C)(C)C)c21. The maximum Gasteiger partial charge on any atom is 0.0702 e. The summed E-state index contributed by atoms with van der Waals surface area (Å²) < 4.78 is 0. The molecular formula is C33H36N2. The third kappa shape index (κ3) is 3.80. The molecule has 0 bridgehead atoms. The van der Waals surface area contributed by atoms with Crippen molar-refractivity contribution < 1.29 is 0 Å². The van der Waals surface area contributed by atoms with Gasteiger partial charge < -0.3 is 9.80 Å². The molecule has 0 atom stereocenters. The van der Waals surface area contributed by atoms with Crippen LogP contribution in [0.4, 0.5) is 28.4 Å². The van der Waals surface area contributed by atoms with Crippen molar-refractivity contribution in [1.29, 1.82) is 0 Å². The molecule has 1 fully saturated rings. The van der Waals surface area contributed by atoms with Gasteiger partial charge in [-0.3, -0.25) is 0 Å². The van der Waals surface area contributed by atoms with Crippen LogP contribution in [0.25, 0.3) is 10.8 Å². The van der Waals surface area contributed by atoms with Crippen LogP contribution in [0, 0.1) is 0 Å². The van der Waals surface area contributed by atoms with Gasteiger partial charge in [0, 0.05) is 12.7 Å². The predicted octanol–water partition coefficient (Wildman–Crippen LogP) is 9.74. The van der Waals surface area contributed by atoms with Gasteiger partial charge in [-0.15, -0.1) is 0 Å². The second kappa shape index (κ2) is 8.45. The summed E-state index contributed by atoms with van der Waals surface area (Å²) in [6.45, 7) is 6.95. The van der Waals surface area contributed by atoms with Crippen LogP contribution < -0.4 is 9.80 Å². The minimum atomic E-state index is 0.0498. The highest BCUT2D eigenvalue weighted by Gasteiger charge is 2.33. The smallest absolute Gasteiger partial charge is 0.0702 e. The first-order valence-electron chi connectivity index (χ1n) is 13.2. The molecule has 4 aromatic rings. The summed E-state index contributed by atoms with van der Waals surface area (Å²) in [6, 6.07) is 29.7. The summed E-state index contributed by atoms with van der Waals surface area (Å²) >= 11 is 0. The maximum atomic E-state index is 2.51. The Labute approximate surface area is 210 Å². The minimum Gasteiger partial charge on any atom is -0.341 e. The molecule has 1 saturated carbocycles. The fourth-order valence-electron chi connectivity index (χ4n) is 6.21. The summed E-state index contributed by atoms with van der Waals surface area (Å²) in [7, 11) is 2.24. The van der Waals surface area contributed by atoms with Crippen LogP contribution in [-0.2, 0) is 5.41 Å². The van der Waals surface area contributed by atoms with Crippen LogP contribution in [0.5, 0.6) is 0 Å². The van der Waals surface area contributed by atoms with E-state index in [1.807, 2.05) is 0 Å². The Bertz CT molecular complexity index is 1390. The Hall–Kier alpha value is -3.26. The lowest BCUT2D eigenvalue weighted by molar-refractivity contribution is 0.443. The van der Waals surface area contributed by atoms with Crippen LogP contribution in [0.1, 0.15) is 69.9 Å². The van der Waals surface area contributed by atoms with Crippen molar-refractivity contribution in [2.24, 2.45) is 0 Å². The van der Waals surface area contributed by atoms with Gasteiger partial charge >= 0.3 is 0 Å². The van der Waals surface area contributed by atoms with Crippen molar-refractivity contribution in [2.45, 2.75) is 64.2 Å². The molecule has 0 aromatic heterocycles. The molecular weight excluding hydrogens is 424 g/mol. The lowest BCUT2D eigenvalue weighted by Gasteiger charge is -2.42. The Balaban J connectivity index is 1.59.